The van der Waals surface area contributed by atoms with E-state index >= 15 is 0 Å². The summed E-state index contributed by atoms with van der Waals surface area (Å²) in [4.78, 5) is 30.7. The number of benzene rings is 1. The van der Waals surface area contributed by atoms with Gasteiger partial charge in [0.1, 0.15) is 6.29 Å². The van der Waals surface area contributed by atoms with Crippen molar-refractivity contribution in [3.63, 3.8) is 0 Å². The van der Waals surface area contributed by atoms with Crippen LogP contribution in [0.5, 0.6) is 0 Å². The monoisotopic (exact) mass is 235 g/mol. The summed E-state index contributed by atoms with van der Waals surface area (Å²) in [5.41, 5.74) is 0.337. The second kappa shape index (κ2) is 5.55. The quantitative estimate of drug-likeness (QED) is 0.360. The molecule has 0 aliphatic rings. The first-order chi connectivity index (χ1) is 8.04. The normalized spacial score (nSPS) is 10.4. The van der Waals surface area contributed by atoms with Crippen molar-refractivity contribution >= 4 is 24.0 Å². The Labute approximate surface area is 96.3 Å². The van der Waals surface area contributed by atoms with Crippen LogP contribution in [0.4, 0.5) is 5.69 Å². The summed E-state index contributed by atoms with van der Waals surface area (Å²) < 4.78 is 0. The fourth-order valence-corrected chi connectivity index (χ4v) is 1.32. The molecule has 88 valence electrons. The minimum Gasteiger partial charge on any atom is -0.481 e. The predicted molar refractivity (Wildman–Crippen MR) is 59.5 cm³/mol. The highest BCUT2D eigenvalue weighted by Gasteiger charge is 2.16. The van der Waals surface area contributed by atoms with Crippen molar-refractivity contribution in [1.82, 2.24) is 0 Å². The molecule has 6 heteroatoms. The average Bonchev–Trinajstić information content (AvgIpc) is 2.26. The van der Waals surface area contributed by atoms with Crippen LogP contribution in [-0.4, -0.2) is 22.3 Å². The lowest BCUT2D eigenvalue weighted by Crippen LogP contribution is -2.03. The molecule has 0 radical (unpaired) electrons. The molecule has 0 saturated heterocycles. The van der Waals surface area contributed by atoms with E-state index in [1.165, 1.54) is 30.4 Å². The van der Waals surface area contributed by atoms with Crippen molar-refractivity contribution in [2.45, 2.75) is 6.42 Å². The summed E-state index contributed by atoms with van der Waals surface area (Å²) in [5.74, 6) is -1.13. The van der Waals surface area contributed by atoms with E-state index in [1.54, 1.807) is 0 Å². The van der Waals surface area contributed by atoms with Gasteiger partial charge in [-0.1, -0.05) is 18.2 Å². The lowest BCUT2D eigenvalue weighted by atomic mass is 10.1. The Kier molecular flexibility index (Phi) is 4.10. The van der Waals surface area contributed by atoms with Crippen molar-refractivity contribution in [3.8, 4) is 0 Å². The van der Waals surface area contributed by atoms with E-state index in [4.69, 9.17) is 5.11 Å². The highest BCUT2D eigenvalue weighted by Crippen LogP contribution is 2.21. The lowest BCUT2D eigenvalue weighted by Gasteiger charge is -2.01. The summed E-state index contributed by atoms with van der Waals surface area (Å²) in [6, 6.07) is 4.13. The van der Waals surface area contributed by atoms with Crippen LogP contribution < -0.4 is 0 Å². The van der Waals surface area contributed by atoms with Gasteiger partial charge in [0.15, 0.2) is 0 Å². The van der Waals surface area contributed by atoms with E-state index in [2.05, 4.69) is 0 Å². The van der Waals surface area contributed by atoms with Gasteiger partial charge in [-0.25, -0.2) is 0 Å². The number of rotatable bonds is 5. The zero-order valence-electron chi connectivity index (χ0n) is 8.70. The number of aliphatic carboxylic acids is 1. The van der Waals surface area contributed by atoms with Crippen molar-refractivity contribution in [2.24, 2.45) is 0 Å². The van der Waals surface area contributed by atoms with Crippen LogP contribution in [0, 0.1) is 10.1 Å². The first kappa shape index (κ1) is 12.6. The zero-order valence-corrected chi connectivity index (χ0v) is 8.70. The van der Waals surface area contributed by atoms with Crippen molar-refractivity contribution in [3.05, 3.63) is 45.5 Å². The molecule has 0 aliphatic carbocycles. The van der Waals surface area contributed by atoms with E-state index in [0.29, 0.717) is 11.8 Å². The first-order valence-electron chi connectivity index (χ1n) is 4.65. The molecule has 0 bridgehead atoms. The number of aldehydes is 1. The van der Waals surface area contributed by atoms with E-state index in [1.807, 2.05) is 0 Å². The second-order valence-corrected chi connectivity index (χ2v) is 3.21. The van der Waals surface area contributed by atoms with E-state index < -0.39 is 17.3 Å². The fourth-order valence-electron chi connectivity index (χ4n) is 1.32. The maximum atomic E-state index is 10.7. The summed E-state index contributed by atoms with van der Waals surface area (Å²) in [6.45, 7) is 0. The van der Waals surface area contributed by atoms with Gasteiger partial charge in [-0.3, -0.25) is 19.7 Å². The topological polar surface area (TPSA) is 97.5 Å². The van der Waals surface area contributed by atoms with Crippen molar-refractivity contribution in [2.75, 3.05) is 0 Å². The smallest absolute Gasteiger partial charge is 0.308 e. The number of allylic oxidation sites excluding steroid dienone is 1. The highest BCUT2D eigenvalue weighted by atomic mass is 16.6. The Morgan fingerprint density at radius 1 is 1.47 bits per heavy atom. The van der Waals surface area contributed by atoms with Gasteiger partial charge >= 0.3 is 5.97 Å². The predicted octanol–water partition coefficient (Wildman–Crippen LogP) is 1.43. The SMILES string of the molecule is O=CC=Cc1ccc(CC(=O)O)c([N+](=O)[O-])c1. The molecule has 0 aliphatic heterocycles. The average molecular weight is 235 g/mol. The van der Waals surface area contributed by atoms with Crippen LogP contribution in [0.3, 0.4) is 0 Å². The molecule has 0 unspecified atom stereocenters. The number of carbonyl (C=O) groups excluding carboxylic acids is 1. The lowest BCUT2D eigenvalue weighted by molar-refractivity contribution is -0.385. The number of carbonyl (C=O) groups is 2. The van der Waals surface area contributed by atoms with E-state index in [-0.39, 0.29) is 11.3 Å². The number of nitro groups is 1. The zero-order chi connectivity index (χ0) is 12.8. The molecule has 1 N–H and O–H groups in total. The summed E-state index contributed by atoms with van der Waals surface area (Å²) in [6.07, 6.45) is 2.76. The Hall–Kier alpha value is -2.50. The van der Waals surface area contributed by atoms with Gasteiger partial charge in [0.05, 0.1) is 11.3 Å². The molecule has 1 rings (SSSR count). The molecule has 17 heavy (non-hydrogen) atoms. The number of hydrogen-bond donors (Lipinski definition) is 1. The minimum atomic E-state index is -1.13. The molecule has 1 aromatic rings. The van der Waals surface area contributed by atoms with Gasteiger partial charge in [-0.15, -0.1) is 0 Å². The van der Waals surface area contributed by atoms with Crippen molar-refractivity contribution in [1.29, 1.82) is 0 Å². The van der Waals surface area contributed by atoms with Gasteiger partial charge in [0.25, 0.3) is 5.69 Å². The Morgan fingerprint density at radius 3 is 2.71 bits per heavy atom. The molecular formula is C11H9NO5. The maximum absolute atomic E-state index is 10.7. The molecule has 0 heterocycles. The number of carboxylic acids is 1. The third kappa shape index (κ3) is 3.53. The minimum absolute atomic E-state index is 0.130. The second-order valence-electron chi connectivity index (χ2n) is 3.21. The Morgan fingerprint density at radius 2 is 2.18 bits per heavy atom. The third-order valence-electron chi connectivity index (χ3n) is 2.01. The molecule has 0 spiro atoms. The Balaban J connectivity index is 3.16. The molecule has 0 atom stereocenters. The molecular weight excluding hydrogens is 226 g/mol. The van der Waals surface area contributed by atoms with Gasteiger partial charge in [-0.2, -0.15) is 0 Å². The standard InChI is InChI=1S/C11H9NO5/c13-5-1-2-8-3-4-9(7-11(14)15)10(6-8)12(16)17/h1-6H,7H2,(H,14,15). The van der Waals surface area contributed by atoms with Crippen LogP contribution in [-0.2, 0) is 16.0 Å². The van der Waals surface area contributed by atoms with Gasteiger partial charge in [0, 0.05) is 11.6 Å². The maximum Gasteiger partial charge on any atom is 0.308 e. The number of nitro benzene ring substituents is 1. The molecule has 0 amide bonds. The third-order valence-corrected chi connectivity index (χ3v) is 2.01. The summed E-state index contributed by atoms with van der Waals surface area (Å²) >= 11 is 0. The van der Waals surface area contributed by atoms with E-state index in [0.717, 1.165) is 0 Å². The molecule has 0 saturated carbocycles. The van der Waals surface area contributed by atoms with E-state index in [9.17, 15) is 19.7 Å². The number of carboxylic acid groups (broad SMARTS) is 1. The summed E-state index contributed by atoms with van der Waals surface area (Å²) in [5, 5.41) is 19.3. The van der Waals surface area contributed by atoms with Crippen molar-refractivity contribution < 1.29 is 19.6 Å². The van der Waals surface area contributed by atoms with Crippen LogP contribution in [0.15, 0.2) is 24.3 Å². The van der Waals surface area contributed by atoms with Gasteiger partial charge in [-0.05, 0) is 11.6 Å². The van der Waals surface area contributed by atoms with Crippen LogP contribution in [0.1, 0.15) is 11.1 Å². The molecule has 0 aromatic heterocycles. The van der Waals surface area contributed by atoms with Crippen LogP contribution in [0.2, 0.25) is 0 Å². The fraction of sp³-hybridized carbons (Fsp3) is 0.0909. The molecule has 6 nitrogen and oxygen atoms in total. The number of hydrogen-bond acceptors (Lipinski definition) is 4. The van der Waals surface area contributed by atoms with Gasteiger partial charge in [0.2, 0.25) is 0 Å². The van der Waals surface area contributed by atoms with Crippen LogP contribution >= 0.6 is 0 Å². The number of nitrogens with zero attached hydrogens (tertiary/aromatic N) is 1. The summed E-state index contributed by atoms with van der Waals surface area (Å²) in [7, 11) is 0. The largest absolute Gasteiger partial charge is 0.481 e. The molecule has 1 aromatic carbocycles. The van der Waals surface area contributed by atoms with Crippen LogP contribution in [0.25, 0.3) is 6.08 Å². The Bertz CT molecular complexity index is 493. The van der Waals surface area contributed by atoms with Gasteiger partial charge < -0.3 is 5.11 Å². The highest BCUT2D eigenvalue weighted by molar-refractivity contribution is 5.76. The molecule has 0 fully saturated rings. The first-order valence-corrected chi connectivity index (χ1v) is 4.65.